The predicted octanol–water partition coefficient (Wildman–Crippen LogP) is 0.338. The van der Waals surface area contributed by atoms with Crippen molar-refractivity contribution in [1.29, 1.82) is 0 Å². The third-order valence-electron chi connectivity index (χ3n) is 2.54. The van der Waals surface area contributed by atoms with Crippen LogP contribution in [0.4, 0.5) is 0 Å². The van der Waals surface area contributed by atoms with E-state index in [4.69, 9.17) is 10.8 Å². The van der Waals surface area contributed by atoms with Crippen molar-refractivity contribution in [1.82, 2.24) is 4.90 Å². The van der Waals surface area contributed by atoms with Gasteiger partial charge in [0.2, 0.25) is 5.91 Å². The molecule has 0 bridgehead atoms. The van der Waals surface area contributed by atoms with Gasteiger partial charge in [0.15, 0.2) is 0 Å². The van der Waals surface area contributed by atoms with Crippen LogP contribution in [-0.2, 0) is 11.3 Å². The highest BCUT2D eigenvalue weighted by Crippen LogP contribution is 2.10. The van der Waals surface area contributed by atoms with E-state index in [1.54, 1.807) is 0 Å². The average molecular weight is 246 g/mol. The number of aliphatic hydroxyl groups excluding tert-OH is 1. The van der Waals surface area contributed by atoms with Crippen molar-refractivity contribution in [2.24, 2.45) is 5.73 Å². The molecule has 0 aliphatic rings. The van der Waals surface area contributed by atoms with Gasteiger partial charge < -0.3 is 10.8 Å². The van der Waals surface area contributed by atoms with Gasteiger partial charge in [0.1, 0.15) is 6.61 Å². The smallest absolute Gasteiger partial charge is 0.231 e. The Labute approximate surface area is 107 Å². The Kier molecular flexibility index (Phi) is 5.92. The highest BCUT2D eigenvalue weighted by atomic mass is 16.2. The first-order valence-corrected chi connectivity index (χ1v) is 5.85. The molecule has 0 aliphatic heterocycles. The van der Waals surface area contributed by atoms with Crippen molar-refractivity contribution >= 4 is 5.91 Å². The summed E-state index contributed by atoms with van der Waals surface area (Å²) in [7, 11) is 0. The van der Waals surface area contributed by atoms with Crippen LogP contribution < -0.4 is 5.73 Å². The summed E-state index contributed by atoms with van der Waals surface area (Å²) < 4.78 is 0. The van der Waals surface area contributed by atoms with E-state index in [-0.39, 0.29) is 19.1 Å². The molecule has 0 unspecified atom stereocenters. The number of likely N-dealkylation sites (N-methyl/N-ethyl adjacent to an activating group) is 1. The second kappa shape index (κ2) is 7.49. The molecule has 4 nitrogen and oxygen atoms in total. The van der Waals surface area contributed by atoms with Crippen LogP contribution in [0.15, 0.2) is 24.3 Å². The van der Waals surface area contributed by atoms with Crippen molar-refractivity contribution < 1.29 is 9.90 Å². The average Bonchev–Trinajstić information content (AvgIpc) is 2.36. The minimum Gasteiger partial charge on any atom is -0.384 e. The Morgan fingerprint density at radius 1 is 1.44 bits per heavy atom. The quantitative estimate of drug-likeness (QED) is 0.736. The van der Waals surface area contributed by atoms with Crippen LogP contribution in [0.2, 0.25) is 0 Å². The third-order valence-corrected chi connectivity index (χ3v) is 2.54. The van der Waals surface area contributed by atoms with Gasteiger partial charge in [-0.05, 0) is 18.2 Å². The molecule has 0 spiro atoms. The maximum atomic E-state index is 10.9. The lowest BCUT2D eigenvalue weighted by Crippen LogP contribution is -2.33. The van der Waals surface area contributed by atoms with Gasteiger partial charge in [-0.2, -0.15) is 0 Å². The zero-order valence-corrected chi connectivity index (χ0v) is 10.5. The first-order chi connectivity index (χ1) is 8.67. The molecular formula is C14H18N2O2. The van der Waals surface area contributed by atoms with E-state index in [2.05, 4.69) is 11.8 Å². The van der Waals surface area contributed by atoms with Gasteiger partial charge in [0.05, 0.1) is 6.54 Å². The number of hydrogen-bond acceptors (Lipinski definition) is 3. The standard InChI is InChI=1S/C14H18N2O2/c1-2-16(11-14(15)18)10-13-7-4-3-6-12(13)8-5-9-17/h3-4,6-7,17H,2,9-11H2,1H3,(H2,15,18). The molecule has 1 aromatic rings. The fourth-order valence-corrected chi connectivity index (χ4v) is 1.66. The minimum atomic E-state index is -0.337. The van der Waals surface area contributed by atoms with Crippen molar-refractivity contribution in [3.05, 3.63) is 35.4 Å². The van der Waals surface area contributed by atoms with Gasteiger partial charge >= 0.3 is 0 Å². The molecule has 0 saturated carbocycles. The van der Waals surface area contributed by atoms with E-state index >= 15 is 0 Å². The lowest BCUT2D eigenvalue weighted by Gasteiger charge is -2.19. The van der Waals surface area contributed by atoms with E-state index in [0.717, 1.165) is 17.7 Å². The summed E-state index contributed by atoms with van der Waals surface area (Å²) in [5.41, 5.74) is 7.10. The molecule has 0 aliphatic carbocycles. The number of nitrogens with zero attached hydrogens (tertiary/aromatic N) is 1. The summed E-state index contributed by atoms with van der Waals surface area (Å²) in [6.07, 6.45) is 0. The van der Waals surface area contributed by atoms with Crippen LogP contribution >= 0.6 is 0 Å². The van der Waals surface area contributed by atoms with Crippen LogP contribution in [0.5, 0.6) is 0 Å². The molecular weight excluding hydrogens is 228 g/mol. The monoisotopic (exact) mass is 246 g/mol. The molecule has 1 rings (SSSR count). The Morgan fingerprint density at radius 2 is 2.17 bits per heavy atom. The van der Waals surface area contributed by atoms with Crippen LogP contribution in [0, 0.1) is 11.8 Å². The van der Waals surface area contributed by atoms with Gasteiger partial charge in [-0.3, -0.25) is 9.69 Å². The van der Waals surface area contributed by atoms with Crippen LogP contribution in [0.3, 0.4) is 0 Å². The molecule has 0 fully saturated rings. The fraction of sp³-hybridized carbons (Fsp3) is 0.357. The third kappa shape index (κ3) is 4.58. The summed E-state index contributed by atoms with van der Waals surface area (Å²) in [6.45, 7) is 3.41. The van der Waals surface area contributed by atoms with Crippen LogP contribution in [0.1, 0.15) is 18.1 Å². The number of carbonyl (C=O) groups excluding carboxylic acids is 1. The number of primary amides is 1. The second-order valence-electron chi connectivity index (χ2n) is 3.89. The Hall–Kier alpha value is -1.83. The molecule has 18 heavy (non-hydrogen) atoms. The maximum Gasteiger partial charge on any atom is 0.231 e. The molecule has 0 aromatic heterocycles. The van der Waals surface area contributed by atoms with Gasteiger partial charge in [-0.15, -0.1) is 0 Å². The number of amides is 1. The molecule has 1 amide bonds. The van der Waals surface area contributed by atoms with Gasteiger partial charge in [0.25, 0.3) is 0 Å². The lowest BCUT2D eigenvalue weighted by atomic mass is 10.1. The highest BCUT2D eigenvalue weighted by Gasteiger charge is 2.08. The van der Waals surface area contributed by atoms with Crippen molar-refractivity contribution in [3.8, 4) is 11.8 Å². The SMILES string of the molecule is CCN(CC(N)=O)Cc1ccccc1C#CCO. The first kappa shape index (κ1) is 14.2. The molecule has 0 saturated heterocycles. The number of aliphatic hydroxyl groups is 1. The van der Waals surface area contributed by atoms with Crippen molar-refractivity contribution in [3.63, 3.8) is 0 Å². The predicted molar refractivity (Wildman–Crippen MR) is 70.6 cm³/mol. The first-order valence-electron chi connectivity index (χ1n) is 5.85. The second-order valence-corrected chi connectivity index (χ2v) is 3.89. The number of hydrogen-bond donors (Lipinski definition) is 2. The Bertz CT molecular complexity index is 460. The Balaban J connectivity index is 2.85. The largest absolute Gasteiger partial charge is 0.384 e. The molecule has 3 N–H and O–H groups in total. The lowest BCUT2D eigenvalue weighted by molar-refractivity contribution is -0.119. The topological polar surface area (TPSA) is 66.6 Å². The number of nitrogens with two attached hydrogens (primary N) is 1. The molecule has 96 valence electrons. The summed E-state index contributed by atoms with van der Waals surface area (Å²) in [6, 6.07) is 7.69. The van der Waals surface area contributed by atoms with Crippen LogP contribution in [0.25, 0.3) is 0 Å². The van der Waals surface area contributed by atoms with Gasteiger partial charge in [-0.25, -0.2) is 0 Å². The van der Waals surface area contributed by atoms with E-state index in [1.165, 1.54) is 0 Å². The molecule has 0 radical (unpaired) electrons. The minimum absolute atomic E-state index is 0.160. The summed E-state index contributed by atoms with van der Waals surface area (Å²) >= 11 is 0. The van der Waals surface area contributed by atoms with Gasteiger partial charge in [-0.1, -0.05) is 37.0 Å². The van der Waals surface area contributed by atoms with E-state index in [0.29, 0.717) is 6.54 Å². The number of rotatable bonds is 5. The highest BCUT2D eigenvalue weighted by molar-refractivity contribution is 5.75. The normalized spacial score (nSPS) is 9.94. The number of carbonyl (C=O) groups is 1. The molecule has 1 aromatic carbocycles. The van der Waals surface area contributed by atoms with Crippen molar-refractivity contribution in [2.75, 3.05) is 19.7 Å². The van der Waals surface area contributed by atoms with E-state index in [1.807, 2.05) is 36.1 Å². The summed E-state index contributed by atoms with van der Waals surface area (Å²) in [5.74, 6) is 5.20. The fourth-order valence-electron chi connectivity index (χ4n) is 1.66. The van der Waals surface area contributed by atoms with Crippen molar-refractivity contribution in [2.45, 2.75) is 13.5 Å². The molecule has 0 heterocycles. The molecule has 4 heteroatoms. The van der Waals surface area contributed by atoms with Crippen LogP contribution in [-0.4, -0.2) is 35.6 Å². The van der Waals surface area contributed by atoms with E-state index < -0.39 is 0 Å². The summed E-state index contributed by atoms with van der Waals surface area (Å²) in [4.78, 5) is 12.9. The summed E-state index contributed by atoms with van der Waals surface area (Å²) in [5, 5.41) is 8.72. The zero-order valence-electron chi connectivity index (χ0n) is 10.5. The Morgan fingerprint density at radius 3 is 2.78 bits per heavy atom. The zero-order chi connectivity index (χ0) is 13.4. The van der Waals surface area contributed by atoms with E-state index in [9.17, 15) is 4.79 Å². The maximum absolute atomic E-state index is 10.9. The molecule has 0 atom stereocenters. The number of benzene rings is 1. The van der Waals surface area contributed by atoms with Gasteiger partial charge in [0, 0.05) is 12.1 Å².